The first-order valence-electron chi connectivity index (χ1n) is 9.04. The average molecular weight is 369 g/mol. The largest absolute Gasteiger partial charge is 0.422 e. The molecular formula is C20H23N3O2S. The van der Waals surface area contributed by atoms with Crippen LogP contribution in [0.1, 0.15) is 45.4 Å². The molecule has 0 aliphatic heterocycles. The Morgan fingerprint density at radius 2 is 2.08 bits per heavy atom. The molecule has 0 spiro atoms. The molecule has 2 heterocycles. The van der Waals surface area contributed by atoms with Gasteiger partial charge in [-0.1, -0.05) is 50.8 Å². The quantitative estimate of drug-likeness (QED) is 0.228. The third-order valence-electron chi connectivity index (χ3n) is 4.11. The molecule has 0 radical (unpaired) electrons. The predicted molar refractivity (Wildman–Crippen MR) is 109 cm³/mol. The summed E-state index contributed by atoms with van der Waals surface area (Å²) in [6, 6.07) is 9.28. The van der Waals surface area contributed by atoms with Gasteiger partial charge in [0.2, 0.25) is 5.13 Å². The van der Waals surface area contributed by atoms with Crippen LogP contribution in [0.15, 0.2) is 50.0 Å². The lowest BCUT2D eigenvalue weighted by molar-refractivity contribution is 0.563. The van der Waals surface area contributed by atoms with Crippen molar-refractivity contribution >= 4 is 33.7 Å². The number of nitrogens with zero attached hydrogens (tertiary/aromatic N) is 2. The van der Waals surface area contributed by atoms with E-state index < -0.39 is 0 Å². The molecule has 0 aliphatic carbocycles. The summed E-state index contributed by atoms with van der Waals surface area (Å²) in [5.41, 5.74) is 4.21. The zero-order valence-corrected chi connectivity index (χ0v) is 15.7. The maximum atomic E-state index is 12.2. The third kappa shape index (κ3) is 4.79. The number of aromatic nitrogens is 1. The molecule has 2 aromatic heterocycles. The van der Waals surface area contributed by atoms with Gasteiger partial charge in [0.15, 0.2) is 0 Å². The first-order valence-corrected chi connectivity index (χ1v) is 9.92. The Balaban J connectivity index is 1.60. The Morgan fingerprint density at radius 1 is 1.23 bits per heavy atom. The van der Waals surface area contributed by atoms with Gasteiger partial charge < -0.3 is 4.42 Å². The Labute approximate surface area is 156 Å². The molecule has 1 N–H and O–H groups in total. The van der Waals surface area contributed by atoms with Crippen molar-refractivity contribution < 1.29 is 4.42 Å². The van der Waals surface area contributed by atoms with Crippen molar-refractivity contribution in [3.63, 3.8) is 0 Å². The summed E-state index contributed by atoms with van der Waals surface area (Å²) in [6.07, 6.45) is 9.12. The Morgan fingerprint density at radius 3 is 2.96 bits per heavy atom. The summed E-state index contributed by atoms with van der Waals surface area (Å²) < 4.78 is 5.37. The van der Waals surface area contributed by atoms with Crippen molar-refractivity contribution in [3.8, 4) is 11.3 Å². The SMILES string of the molecule is CCCCCCC/C=N\Nc1nc(-c2cc3ccccc3oc2=O)cs1. The van der Waals surface area contributed by atoms with Gasteiger partial charge in [-0.05, 0) is 25.0 Å². The van der Waals surface area contributed by atoms with Crippen LogP contribution < -0.4 is 11.1 Å². The molecule has 6 heteroatoms. The van der Waals surface area contributed by atoms with Crippen LogP contribution in [0.3, 0.4) is 0 Å². The molecule has 0 bridgehead atoms. The lowest BCUT2D eigenvalue weighted by Gasteiger charge is -1.99. The van der Waals surface area contributed by atoms with E-state index in [9.17, 15) is 4.79 Å². The molecule has 136 valence electrons. The number of fused-ring (bicyclic) bond motifs is 1. The van der Waals surface area contributed by atoms with Crippen molar-refractivity contribution in [3.05, 3.63) is 46.1 Å². The molecule has 0 fully saturated rings. The minimum atomic E-state index is -0.379. The van der Waals surface area contributed by atoms with Crippen LogP contribution in [-0.2, 0) is 0 Å². The van der Waals surface area contributed by atoms with E-state index in [2.05, 4.69) is 22.4 Å². The van der Waals surface area contributed by atoms with Gasteiger partial charge in [0.1, 0.15) is 5.58 Å². The van der Waals surface area contributed by atoms with Crippen LogP contribution in [0.5, 0.6) is 0 Å². The second kappa shape index (κ2) is 9.29. The fourth-order valence-electron chi connectivity index (χ4n) is 2.69. The maximum absolute atomic E-state index is 12.2. The Bertz CT molecular complexity index is 930. The van der Waals surface area contributed by atoms with Crippen molar-refractivity contribution in [1.82, 2.24) is 4.98 Å². The summed E-state index contributed by atoms with van der Waals surface area (Å²) >= 11 is 1.42. The van der Waals surface area contributed by atoms with E-state index in [-0.39, 0.29) is 5.63 Å². The van der Waals surface area contributed by atoms with E-state index in [1.54, 1.807) is 6.07 Å². The number of hydrazone groups is 1. The minimum absolute atomic E-state index is 0.379. The van der Waals surface area contributed by atoms with E-state index >= 15 is 0 Å². The standard InChI is InChI=1S/C20H23N3O2S/c1-2-3-4-5-6-9-12-21-23-20-22-17(14-26-20)16-13-15-10-7-8-11-18(15)25-19(16)24/h7-8,10-14H,2-6,9H2,1H3,(H,22,23)/b21-12-. The van der Waals surface area contributed by atoms with Crippen LogP contribution in [-0.4, -0.2) is 11.2 Å². The number of hydrogen-bond acceptors (Lipinski definition) is 6. The minimum Gasteiger partial charge on any atom is -0.422 e. The monoisotopic (exact) mass is 369 g/mol. The van der Waals surface area contributed by atoms with Gasteiger partial charge >= 0.3 is 5.63 Å². The van der Waals surface area contributed by atoms with Crippen molar-refractivity contribution in [2.75, 3.05) is 5.43 Å². The van der Waals surface area contributed by atoms with Crippen molar-refractivity contribution in [1.29, 1.82) is 0 Å². The second-order valence-electron chi connectivity index (χ2n) is 6.15. The predicted octanol–water partition coefficient (Wildman–Crippen LogP) is 5.67. The number of para-hydroxylation sites is 1. The van der Waals surface area contributed by atoms with Gasteiger partial charge in [-0.2, -0.15) is 5.10 Å². The Kier molecular flexibility index (Phi) is 6.55. The Hall–Kier alpha value is -2.47. The van der Waals surface area contributed by atoms with Gasteiger partial charge in [-0.15, -0.1) is 11.3 Å². The van der Waals surface area contributed by atoms with Crippen molar-refractivity contribution in [2.24, 2.45) is 5.10 Å². The molecule has 0 amide bonds. The number of unbranched alkanes of at least 4 members (excludes halogenated alkanes) is 5. The van der Waals surface area contributed by atoms with Crippen LogP contribution in [0.4, 0.5) is 5.13 Å². The summed E-state index contributed by atoms with van der Waals surface area (Å²) in [7, 11) is 0. The summed E-state index contributed by atoms with van der Waals surface area (Å²) in [6.45, 7) is 2.22. The van der Waals surface area contributed by atoms with Crippen LogP contribution in [0.25, 0.3) is 22.2 Å². The van der Waals surface area contributed by atoms with Gasteiger partial charge in [0.25, 0.3) is 0 Å². The maximum Gasteiger partial charge on any atom is 0.345 e. The lowest BCUT2D eigenvalue weighted by atomic mass is 10.1. The van der Waals surface area contributed by atoms with Crippen molar-refractivity contribution in [2.45, 2.75) is 45.4 Å². The first-order chi connectivity index (χ1) is 12.8. The number of thiazole rings is 1. The average Bonchev–Trinajstić information content (AvgIpc) is 3.12. The molecule has 26 heavy (non-hydrogen) atoms. The molecule has 3 rings (SSSR count). The molecule has 5 nitrogen and oxygen atoms in total. The zero-order valence-electron chi connectivity index (χ0n) is 14.9. The fourth-order valence-corrected chi connectivity index (χ4v) is 3.35. The molecule has 0 saturated carbocycles. The first kappa shape index (κ1) is 18.3. The van der Waals surface area contributed by atoms with Crippen LogP contribution >= 0.6 is 11.3 Å². The molecular weight excluding hydrogens is 346 g/mol. The van der Waals surface area contributed by atoms with E-state index in [4.69, 9.17) is 4.42 Å². The van der Waals surface area contributed by atoms with E-state index in [1.165, 1.54) is 37.0 Å². The topological polar surface area (TPSA) is 67.5 Å². The van der Waals surface area contributed by atoms with Gasteiger partial charge in [-0.25, -0.2) is 9.78 Å². The van der Waals surface area contributed by atoms with E-state index in [0.29, 0.717) is 22.0 Å². The van der Waals surface area contributed by atoms with E-state index in [0.717, 1.165) is 18.2 Å². The summed E-state index contributed by atoms with van der Waals surface area (Å²) in [5, 5.41) is 7.59. The number of rotatable bonds is 9. The number of benzene rings is 1. The molecule has 1 aromatic carbocycles. The molecule has 0 saturated heterocycles. The summed E-state index contributed by atoms with van der Waals surface area (Å²) in [5.74, 6) is 0. The van der Waals surface area contributed by atoms with E-state index in [1.807, 2.05) is 35.9 Å². The number of nitrogens with one attached hydrogen (secondary N) is 1. The number of anilines is 1. The van der Waals surface area contributed by atoms with Gasteiger partial charge in [0, 0.05) is 17.0 Å². The highest BCUT2D eigenvalue weighted by atomic mass is 32.1. The highest BCUT2D eigenvalue weighted by molar-refractivity contribution is 7.14. The highest BCUT2D eigenvalue weighted by Gasteiger charge is 2.11. The van der Waals surface area contributed by atoms with Crippen LogP contribution in [0, 0.1) is 0 Å². The molecule has 0 atom stereocenters. The molecule has 0 aliphatic rings. The third-order valence-corrected chi connectivity index (χ3v) is 4.86. The second-order valence-corrected chi connectivity index (χ2v) is 7.01. The van der Waals surface area contributed by atoms with Gasteiger partial charge in [0.05, 0.1) is 11.3 Å². The zero-order chi connectivity index (χ0) is 18.2. The molecule has 0 unspecified atom stereocenters. The normalized spacial score (nSPS) is 11.4. The smallest absolute Gasteiger partial charge is 0.345 e. The fraction of sp³-hybridized carbons (Fsp3) is 0.350. The molecule has 3 aromatic rings. The lowest BCUT2D eigenvalue weighted by Crippen LogP contribution is -2.02. The highest BCUT2D eigenvalue weighted by Crippen LogP contribution is 2.25. The number of hydrogen-bond donors (Lipinski definition) is 1. The summed E-state index contributed by atoms with van der Waals surface area (Å²) in [4.78, 5) is 16.6. The van der Waals surface area contributed by atoms with Crippen LogP contribution in [0.2, 0.25) is 0 Å². The van der Waals surface area contributed by atoms with Gasteiger partial charge in [-0.3, -0.25) is 5.43 Å².